The average molecular weight is 167 g/mol. The minimum absolute atomic E-state index is 1.01. The van der Waals surface area contributed by atoms with E-state index in [1.54, 1.807) is 0 Å². The van der Waals surface area contributed by atoms with Gasteiger partial charge in [0.05, 0.1) is 0 Å². The van der Waals surface area contributed by atoms with Crippen molar-refractivity contribution in [1.82, 2.24) is 4.90 Å². The summed E-state index contributed by atoms with van der Waals surface area (Å²) in [4.78, 5) is 2.67. The molecule has 1 unspecified atom stereocenters. The van der Waals surface area contributed by atoms with Gasteiger partial charge in [-0.15, -0.1) is 0 Å². The molecule has 1 saturated carbocycles. The molecule has 1 saturated heterocycles. The van der Waals surface area contributed by atoms with E-state index in [1.165, 1.54) is 51.7 Å². The highest BCUT2D eigenvalue weighted by molar-refractivity contribution is 4.78. The summed E-state index contributed by atoms with van der Waals surface area (Å²) in [5, 5.41) is 0. The Morgan fingerprint density at radius 3 is 2.42 bits per heavy atom. The molecule has 12 heavy (non-hydrogen) atoms. The van der Waals surface area contributed by atoms with Crippen molar-refractivity contribution < 1.29 is 0 Å². The maximum Gasteiger partial charge on any atom is 0.00122 e. The maximum atomic E-state index is 2.67. The molecule has 0 radical (unpaired) electrons. The summed E-state index contributed by atoms with van der Waals surface area (Å²) in [5.74, 6) is 2.04. The molecule has 1 heteroatoms. The zero-order valence-corrected chi connectivity index (χ0v) is 8.26. The Morgan fingerprint density at radius 1 is 1.08 bits per heavy atom. The lowest BCUT2D eigenvalue weighted by atomic mass is 9.98. The summed E-state index contributed by atoms with van der Waals surface area (Å²) in [5.41, 5.74) is 0. The highest BCUT2D eigenvalue weighted by Gasteiger charge is 2.26. The predicted molar refractivity (Wildman–Crippen MR) is 52.2 cm³/mol. The Labute approximate surface area is 76.1 Å². The molecule has 1 nitrogen and oxygen atoms in total. The third kappa shape index (κ3) is 1.82. The van der Waals surface area contributed by atoms with Crippen LogP contribution in [-0.2, 0) is 0 Å². The van der Waals surface area contributed by atoms with E-state index in [0.717, 1.165) is 11.8 Å². The van der Waals surface area contributed by atoms with E-state index in [2.05, 4.69) is 11.8 Å². The number of hydrogen-bond acceptors (Lipinski definition) is 1. The first-order chi connectivity index (χ1) is 5.86. The molecule has 70 valence electrons. The average Bonchev–Trinajstić information content (AvgIpc) is 2.65. The second kappa shape index (κ2) is 3.78. The van der Waals surface area contributed by atoms with Gasteiger partial charge in [-0.05, 0) is 44.2 Å². The zero-order chi connectivity index (χ0) is 8.39. The summed E-state index contributed by atoms with van der Waals surface area (Å²) < 4.78 is 0. The third-order valence-corrected chi connectivity index (χ3v) is 3.73. The van der Waals surface area contributed by atoms with Crippen LogP contribution < -0.4 is 0 Å². The van der Waals surface area contributed by atoms with Crippen LogP contribution in [0.4, 0.5) is 0 Å². The molecule has 1 aliphatic heterocycles. The van der Waals surface area contributed by atoms with Crippen molar-refractivity contribution >= 4 is 0 Å². The van der Waals surface area contributed by atoms with Crippen molar-refractivity contribution in [2.45, 2.75) is 39.0 Å². The van der Waals surface area contributed by atoms with Gasteiger partial charge in [-0.25, -0.2) is 0 Å². The Balaban J connectivity index is 1.77. The van der Waals surface area contributed by atoms with E-state index in [1.807, 2.05) is 0 Å². The largest absolute Gasteiger partial charge is 0.303 e. The maximum absolute atomic E-state index is 2.67. The van der Waals surface area contributed by atoms with Gasteiger partial charge >= 0.3 is 0 Å². The van der Waals surface area contributed by atoms with Crippen LogP contribution >= 0.6 is 0 Å². The number of nitrogens with zero attached hydrogens (tertiary/aromatic N) is 1. The van der Waals surface area contributed by atoms with Crippen molar-refractivity contribution in [2.75, 3.05) is 19.6 Å². The molecule has 0 aromatic carbocycles. The molecule has 2 rings (SSSR count). The minimum Gasteiger partial charge on any atom is -0.303 e. The fourth-order valence-electron chi connectivity index (χ4n) is 2.79. The van der Waals surface area contributed by atoms with E-state index >= 15 is 0 Å². The summed E-state index contributed by atoms with van der Waals surface area (Å²) in [6.45, 7) is 6.60. The van der Waals surface area contributed by atoms with Crippen LogP contribution in [0.5, 0.6) is 0 Å². The molecule has 2 fully saturated rings. The van der Waals surface area contributed by atoms with Crippen molar-refractivity contribution in [3.8, 4) is 0 Å². The van der Waals surface area contributed by atoms with Crippen molar-refractivity contribution in [1.29, 1.82) is 0 Å². The molecule has 0 aromatic rings. The molecular formula is C11H21N. The van der Waals surface area contributed by atoms with Crippen LogP contribution in [0.25, 0.3) is 0 Å². The quantitative estimate of drug-likeness (QED) is 0.611. The van der Waals surface area contributed by atoms with E-state index in [4.69, 9.17) is 0 Å². The lowest BCUT2D eigenvalue weighted by Crippen LogP contribution is -2.27. The van der Waals surface area contributed by atoms with Gasteiger partial charge in [0, 0.05) is 6.54 Å². The highest BCUT2D eigenvalue weighted by atomic mass is 15.1. The molecule has 2 aliphatic rings. The van der Waals surface area contributed by atoms with Gasteiger partial charge in [0.15, 0.2) is 0 Å². The summed E-state index contributed by atoms with van der Waals surface area (Å²) in [7, 11) is 0. The van der Waals surface area contributed by atoms with Crippen LogP contribution in [0.3, 0.4) is 0 Å². The fraction of sp³-hybridized carbons (Fsp3) is 1.00. The van der Waals surface area contributed by atoms with Crippen LogP contribution in [0.15, 0.2) is 0 Å². The fourth-order valence-corrected chi connectivity index (χ4v) is 2.79. The summed E-state index contributed by atoms with van der Waals surface area (Å²) in [6.07, 6.45) is 7.36. The van der Waals surface area contributed by atoms with E-state index in [9.17, 15) is 0 Å². The Morgan fingerprint density at radius 2 is 1.83 bits per heavy atom. The molecular weight excluding hydrogens is 146 g/mol. The standard InChI is InChI=1S/C11H21N/c1-10-5-4-6-11(10)9-12-7-2-3-8-12/h10-11H,2-9H2,1H3/t10-,11?/m1/s1. The number of rotatable bonds is 2. The number of hydrogen-bond donors (Lipinski definition) is 0. The van der Waals surface area contributed by atoms with Gasteiger partial charge < -0.3 is 4.90 Å². The lowest BCUT2D eigenvalue weighted by Gasteiger charge is -2.22. The Hall–Kier alpha value is -0.0400. The van der Waals surface area contributed by atoms with Gasteiger partial charge in [0.25, 0.3) is 0 Å². The topological polar surface area (TPSA) is 3.24 Å². The lowest BCUT2D eigenvalue weighted by molar-refractivity contribution is 0.249. The third-order valence-electron chi connectivity index (χ3n) is 3.73. The molecule has 2 atom stereocenters. The molecule has 0 spiro atoms. The van der Waals surface area contributed by atoms with Gasteiger partial charge in [0.2, 0.25) is 0 Å². The molecule has 0 aromatic heterocycles. The SMILES string of the molecule is C[C@@H]1CCCC1CN1CCCC1. The second-order valence-electron chi connectivity index (χ2n) is 4.68. The minimum atomic E-state index is 1.01. The van der Waals surface area contributed by atoms with Gasteiger partial charge in [-0.2, -0.15) is 0 Å². The first-order valence-corrected chi connectivity index (χ1v) is 5.58. The van der Waals surface area contributed by atoms with Crippen LogP contribution in [0.2, 0.25) is 0 Å². The molecule has 0 amide bonds. The monoisotopic (exact) mass is 167 g/mol. The van der Waals surface area contributed by atoms with Crippen molar-refractivity contribution in [3.05, 3.63) is 0 Å². The summed E-state index contributed by atoms with van der Waals surface area (Å²) >= 11 is 0. The smallest absolute Gasteiger partial charge is 0.00122 e. The molecule has 1 heterocycles. The second-order valence-corrected chi connectivity index (χ2v) is 4.68. The van der Waals surface area contributed by atoms with Crippen molar-refractivity contribution in [3.63, 3.8) is 0 Å². The van der Waals surface area contributed by atoms with E-state index < -0.39 is 0 Å². The first-order valence-electron chi connectivity index (χ1n) is 5.58. The molecule has 1 aliphatic carbocycles. The molecule has 0 N–H and O–H groups in total. The van der Waals surface area contributed by atoms with Gasteiger partial charge in [0.1, 0.15) is 0 Å². The van der Waals surface area contributed by atoms with Gasteiger partial charge in [-0.3, -0.25) is 0 Å². The van der Waals surface area contributed by atoms with E-state index in [0.29, 0.717) is 0 Å². The number of likely N-dealkylation sites (tertiary alicyclic amines) is 1. The van der Waals surface area contributed by atoms with Crippen LogP contribution in [0, 0.1) is 11.8 Å². The van der Waals surface area contributed by atoms with Crippen molar-refractivity contribution in [2.24, 2.45) is 11.8 Å². The predicted octanol–water partition coefficient (Wildman–Crippen LogP) is 2.52. The highest BCUT2D eigenvalue weighted by Crippen LogP contribution is 2.32. The summed E-state index contributed by atoms with van der Waals surface area (Å²) in [6, 6.07) is 0. The van der Waals surface area contributed by atoms with E-state index in [-0.39, 0.29) is 0 Å². The Kier molecular flexibility index (Phi) is 2.69. The molecule has 0 bridgehead atoms. The van der Waals surface area contributed by atoms with Crippen LogP contribution in [-0.4, -0.2) is 24.5 Å². The Bertz CT molecular complexity index is 138. The normalized spacial score (nSPS) is 37.8. The van der Waals surface area contributed by atoms with Crippen LogP contribution in [0.1, 0.15) is 39.0 Å². The first kappa shape index (κ1) is 8.55. The van der Waals surface area contributed by atoms with Gasteiger partial charge in [-0.1, -0.05) is 19.8 Å². The zero-order valence-electron chi connectivity index (χ0n) is 8.26.